The second-order valence-electron chi connectivity index (χ2n) is 16.2. The first kappa shape index (κ1) is 55.1. The van der Waals surface area contributed by atoms with Crippen LogP contribution in [0.4, 0.5) is 0 Å². The summed E-state index contributed by atoms with van der Waals surface area (Å²) in [4.78, 5) is 61.8. The lowest BCUT2D eigenvalue weighted by Gasteiger charge is -2.51. The molecule has 4 heterocycles. The molecule has 0 aliphatic carbocycles. The van der Waals surface area contributed by atoms with E-state index in [2.05, 4.69) is 16.0 Å². The third kappa shape index (κ3) is 12.0. The molecule has 3 amide bonds. The van der Waals surface area contributed by atoms with Crippen molar-refractivity contribution in [3.05, 3.63) is 0 Å². The van der Waals surface area contributed by atoms with Crippen molar-refractivity contribution >= 4 is 29.7 Å². The van der Waals surface area contributed by atoms with Gasteiger partial charge in [-0.3, -0.25) is 14.4 Å². The Balaban J connectivity index is 1.66. The molecule has 4 saturated heterocycles. The monoisotopic (exact) mass is 965 g/mol. The van der Waals surface area contributed by atoms with Gasteiger partial charge in [0.25, 0.3) is 11.6 Å². The number of carbonyl (C=O) groups is 5. The molecule has 18 N–H and O–H groups in total. The second kappa shape index (κ2) is 22.8. The van der Waals surface area contributed by atoms with Crippen molar-refractivity contribution in [3.63, 3.8) is 0 Å². The molecule has 0 spiro atoms. The number of carbonyl (C=O) groups excluding carboxylic acids is 3. The summed E-state index contributed by atoms with van der Waals surface area (Å²) in [5.74, 6) is -12.7. The molecule has 1 unspecified atom stereocenters. The van der Waals surface area contributed by atoms with Crippen LogP contribution in [0.5, 0.6) is 0 Å². The number of aliphatic hydroxyl groups is 13. The molecule has 4 rings (SSSR count). The van der Waals surface area contributed by atoms with Crippen LogP contribution in [0, 0.1) is 0 Å². The normalized spacial score (nSPS) is 41.4. The minimum Gasteiger partial charge on any atom is -0.477 e. The Morgan fingerprint density at radius 3 is 1.50 bits per heavy atom. The van der Waals surface area contributed by atoms with E-state index in [1.54, 1.807) is 0 Å². The van der Waals surface area contributed by atoms with Gasteiger partial charge in [0.05, 0.1) is 50.7 Å². The highest BCUT2D eigenvalue weighted by atomic mass is 16.8. The SMILES string of the molecule is CC(=O)N[C@H]1[C@H]([C@H](O)[C@H](O)CO)O[C@@](OC[C@H]2OC(O)[C@H](NC(C)=O)[C@@H](O[C@@H]3O[C@H](CO)[C@H](O)[C@H](O[C@]4(C(=O)O)C[C@H](O)[C@@H](NC(C)=O)[C@H]([C@H](O)[C@H](O)CO)O4)[C@H]3O)[C@@H]2O)(C(=O)O)C[C@@H]1O. The zero-order chi connectivity index (χ0) is 49.7. The molecule has 380 valence electrons. The van der Waals surface area contributed by atoms with Crippen LogP contribution in [0.1, 0.15) is 33.6 Å². The van der Waals surface area contributed by atoms with Gasteiger partial charge in [-0.15, -0.1) is 0 Å². The zero-order valence-corrected chi connectivity index (χ0v) is 35.4. The molecule has 0 aromatic carbocycles. The van der Waals surface area contributed by atoms with Crippen molar-refractivity contribution in [2.75, 3.05) is 26.4 Å². The smallest absolute Gasteiger partial charge is 0.364 e. The average Bonchev–Trinajstić information content (AvgIpc) is 3.24. The summed E-state index contributed by atoms with van der Waals surface area (Å²) in [5, 5.41) is 166. The van der Waals surface area contributed by atoms with E-state index in [-0.39, 0.29) is 0 Å². The number of carboxylic acids is 2. The molecule has 22 atom stereocenters. The molecule has 0 radical (unpaired) electrons. The first-order valence-corrected chi connectivity index (χ1v) is 20.3. The van der Waals surface area contributed by atoms with E-state index in [1.165, 1.54) is 0 Å². The Hall–Kier alpha value is -3.45. The first-order valence-electron chi connectivity index (χ1n) is 20.3. The molecule has 0 saturated carbocycles. The van der Waals surface area contributed by atoms with Crippen molar-refractivity contribution in [2.45, 2.75) is 167 Å². The Labute approximate surface area is 373 Å². The lowest BCUT2D eigenvalue weighted by atomic mass is 9.88. The summed E-state index contributed by atoms with van der Waals surface area (Å²) in [6, 6.07) is -5.07. The summed E-state index contributed by atoms with van der Waals surface area (Å²) < 4.78 is 39.1. The highest BCUT2D eigenvalue weighted by Crippen LogP contribution is 2.39. The largest absolute Gasteiger partial charge is 0.477 e. The predicted octanol–water partition coefficient (Wildman–Crippen LogP) is -10.9. The lowest BCUT2D eigenvalue weighted by Crippen LogP contribution is -2.71. The minimum absolute atomic E-state index is 0.790. The number of hydrogen-bond donors (Lipinski definition) is 18. The standard InChI is InChI=1S/C36H59N3O27/c1-10(43)37-19-13(46)4-35(33(56)57,64-28(19)22(50)15(48)6-40)60-9-18-25(53)27(21(31(55)61-18)39-12(3)45)63-32-26(54)30(24(52)17(8-42)62-32)66-36(34(58)59)5-14(47)20(38-11(2)44)29(65-36)23(51)16(49)7-41/h13-32,40-42,46-55H,4-9H2,1-3H3,(H,37,43)(H,38,44)(H,39,45)(H,56,57)(H,58,59)/t13-,14-,15+,16+,17+,18+,19+,20+,21+,22+,23+,24-,25+,26+,27+,28+,29+,30-,31?,32-,35+,36-/m0/s1. The minimum atomic E-state index is -3.19. The quantitative estimate of drug-likeness (QED) is 0.0571. The molecule has 30 heteroatoms. The van der Waals surface area contributed by atoms with Crippen molar-refractivity contribution in [3.8, 4) is 0 Å². The van der Waals surface area contributed by atoms with Gasteiger partial charge in [-0.25, -0.2) is 9.59 Å². The molecule has 30 nitrogen and oxygen atoms in total. The van der Waals surface area contributed by atoms with Crippen molar-refractivity contribution in [1.82, 2.24) is 16.0 Å². The first-order chi connectivity index (χ1) is 30.8. The number of nitrogens with one attached hydrogen (secondary N) is 3. The Kier molecular flexibility index (Phi) is 19.0. The van der Waals surface area contributed by atoms with Gasteiger partial charge < -0.3 is 126 Å². The molecule has 4 aliphatic rings. The molecule has 0 aromatic rings. The van der Waals surface area contributed by atoms with E-state index < -0.39 is 203 Å². The van der Waals surface area contributed by atoms with Gasteiger partial charge in [-0.1, -0.05) is 0 Å². The number of amides is 3. The zero-order valence-electron chi connectivity index (χ0n) is 35.4. The van der Waals surface area contributed by atoms with E-state index in [0.29, 0.717) is 0 Å². The van der Waals surface area contributed by atoms with Crippen molar-refractivity contribution < 1.29 is 134 Å². The molecular formula is C36H59N3O27. The molecule has 4 aliphatic heterocycles. The van der Waals surface area contributed by atoms with Gasteiger partial charge >= 0.3 is 11.9 Å². The van der Waals surface area contributed by atoms with Gasteiger partial charge in [0.1, 0.15) is 85.4 Å². The molecule has 0 aromatic heterocycles. The van der Waals surface area contributed by atoms with Gasteiger partial charge in [0, 0.05) is 33.6 Å². The van der Waals surface area contributed by atoms with E-state index in [9.17, 15) is 101 Å². The van der Waals surface area contributed by atoms with Crippen molar-refractivity contribution in [1.29, 1.82) is 0 Å². The Morgan fingerprint density at radius 1 is 0.621 bits per heavy atom. The Bertz CT molecular complexity index is 1680. The number of rotatable bonds is 19. The predicted molar refractivity (Wildman–Crippen MR) is 203 cm³/mol. The van der Waals surface area contributed by atoms with Crippen LogP contribution >= 0.6 is 0 Å². The fourth-order valence-corrected chi connectivity index (χ4v) is 8.04. The fourth-order valence-electron chi connectivity index (χ4n) is 8.04. The molecule has 4 fully saturated rings. The summed E-state index contributed by atoms with van der Waals surface area (Å²) in [7, 11) is 0. The third-order valence-electron chi connectivity index (χ3n) is 11.4. The highest BCUT2D eigenvalue weighted by Gasteiger charge is 2.61. The van der Waals surface area contributed by atoms with E-state index in [4.69, 9.17) is 33.2 Å². The number of aliphatic carboxylic acids is 2. The second-order valence-corrected chi connectivity index (χ2v) is 16.2. The van der Waals surface area contributed by atoms with Gasteiger partial charge in [-0.05, 0) is 0 Å². The summed E-state index contributed by atoms with van der Waals surface area (Å²) in [5.41, 5.74) is 0. The third-order valence-corrected chi connectivity index (χ3v) is 11.4. The highest BCUT2D eigenvalue weighted by molar-refractivity contribution is 5.77. The van der Waals surface area contributed by atoms with E-state index >= 15 is 0 Å². The maximum atomic E-state index is 12.9. The molecule has 0 bridgehead atoms. The van der Waals surface area contributed by atoms with Crippen LogP contribution in [0.25, 0.3) is 0 Å². The topological polar surface area (TPSA) is 490 Å². The summed E-state index contributed by atoms with van der Waals surface area (Å²) >= 11 is 0. The number of hydrogen-bond acceptors (Lipinski definition) is 25. The number of ether oxygens (including phenoxy) is 7. The van der Waals surface area contributed by atoms with Crippen LogP contribution < -0.4 is 16.0 Å². The lowest BCUT2D eigenvalue weighted by molar-refractivity contribution is -0.382. The van der Waals surface area contributed by atoms with Crippen molar-refractivity contribution in [2.24, 2.45) is 0 Å². The maximum absolute atomic E-state index is 12.9. The van der Waals surface area contributed by atoms with Crippen LogP contribution in [-0.4, -0.2) is 267 Å². The van der Waals surface area contributed by atoms with Gasteiger partial charge in [0.15, 0.2) is 12.6 Å². The van der Waals surface area contributed by atoms with Crippen LogP contribution in [-0.2, 0) is 57.1 Å². The molecular weight excluding hydrogens is 906 g/mol. The van der Waals surface area contributed by atoms with E-state index in [0.717, 1.165) is 20.8 Å². The molecule has 66 heavy (non-hydrogen) atoms. The summed E-state index contributed by atoms with van der Waals surface area (Å²) in [6.45, 7) is -1.53. The number of aliphatic hydroxyl groups excluding tert-OH is 13. The summed E-state index contributed by atoms with van der Waals surface area (Å²) in [6.07, 6.45) is -38.0. The fraction of sp³-hybridized carbons (Fsp3) is 0.861. The van der Waals surface area contributed by atoms with E-state index in [1.807, 2.05) is 0 Å². The van der Waals surface area contributed by atoms with Crippen LogP contribution in [0.15, 0.2) is 0 Å². The van der Waals surface area contributed by atoms with Gasteiger partial charge in [0.2, 0.25) is 17.7 Å². The van der Waals surface area contributed by atoms with Crippen LogP contribution in [0.2, 0.25) is 0 Å². The maximum Gasteiger partial charge on any atom is 0.364 e. The Morgan fingerprint density at radius 2 is 1.06 bits per heavy atom. The van der Waals surface area contributed by atoms with Gasteiger partial charge in [-0.2, -0.15) is 0 Å². The average molecular weight is 966 g/mol. The number of carboxylic acid groups (broad SMARTS) is 2. The van der Waals surface area contributed by atoms with Crippen LogP contribution in [0.3, 0.4) is 0 Å².